The van der Waals surface area contributed by atoms with Crippen molar-refractivity contribution in [1.29, 1.82) is 0 Å². The van der Waals surface area contributed by atoms with Crippen LogP contribution in [0, 0.1) is 0 Å². The second-order valence-electron chi connectivity index (χ2n) is 9.40. The summed E-state index contributed by atoms with van der Waals surface area (Å²) in [6.07, 6.45) is -0.454. The van der Waals surface area contributed by atoms with Crippen LogP contribution in [0.4, 0.5) is 0 Å². The number of carboxylic acid groups (broad SMARTS) is 3. The molecule has 9 nitrogen and oxygen atoms in total. The normalized spacial score (nSPS) is 10.9. The highest BCUT2D eigenvalue weighted by Gasteiger charge is 2.40. The number of carbonyl (C=O) groups is 3. The molecule has 0 atom stereocenters. The van der Waals surface area contributed by atoms with Crippen LogP contribution in [-0.4, -0.2) is 76.1 Å². The molecule has 3 aromatic carbocycles. The van der Waals surface area contributed by atoms with Gasteiger partial charge in [0.05, 0.1) is 12.8 Å². The van der Waals surface area contributed by atoms with Crippen LogP contribution < -0.4 is 4.74 Å². The van der Waals surface area contributed by atoms with Crippen LogP contribution >= 0.6 is 0 Å². The summed E-state index contributed by atoms with van der Waals surface area (Å²) in [5, 5.41) is 33.8. The zero-order valence-electron chi connectivity index (χ0n) is 22.1. The van der Waals surface area contributed by atoms with E-state index in [0.29, 0.717) is 6.61 Å². The molecular formula is C30H35NO8. The van der Waals surface area contributed by atoms with Gasteiger partial charge in [-0.1, -0.05) is 72.8 Å². The molecule has 9 heteroatoms. The van der Waals surface area contributed by atoms with Crippen LogP contribution in [0.15, 0.2) is 78.9 Å². The van der Waals surface area contributed by atoms with Gasteiger partial charge in [0.2, 0.25) is 0 Å². The molecular weight excluding hydrogens is 502 g/mol. The highest BCUT2D eigenvalue weighted by atomic mass is 16.5. The standard InChI is InChI=1S/C24H27NO.C6H8O7/c1-25(2)15-16-26-24-14-13-22(17-20-9-5-3-6-10-20)19-23(24)18-21-11-7-4-8-12-21;7-3(8)1-6(13,5(11)12)2-4(9)10/h3-14,19H,15-18H2,1-2H3;13H,1-2H2,(H,7,8)(H,9,10)(H,11,12). The van der Waals surface area contributed by atoms with Crippen molar-refractivity contribution in [3.63, 3.8) is 0 Å². The average molecular weight is 538 g/mol. The van der Waals surface area contributed by atoms with E-state index in [-0.39, 0.29) is 0 Å². The van der Waals surface area contributed by atoms with E-state index >= 15 is 0 Å². The average Bonchev–Trinajstić information content (AvgIpc) is 2.86. The maximum absolute atomic E-state index is 10.3. The van der Waals surface area contributed by atoms with Gasteiger partial charge in [-0.15, -0.1) is 0 Å². The first-order valence-electron chi connectivity index (χ1n) is 12.3. The van der Waals surface area contributed by atoms with Crippen LogP contribution in [0.3, 0.4) is 0 Å². The number of hydrogen-bond acceptors (Lipinski definition) is 6. The molecule has 0 aliphatic heterocycles. The van der Waals surface area contributed by atoms with Crippen LogP contribution in [0.5, 0.6) is 5.75 Å². The fourth-order valence-electron chi connectivity index (χ4n) is 3.72. The Morgan fingerprint density at radius 2 is 1.26 bits per heavy atom. The third-order valence-corrected chi connectivity index (χ3v) is 5.69. The van der Waals surface area contributed by atoms with Gasteiger partial charge < -0.3 is 30.1 Å². The molecule has 3 rings (SSSR count). The molecule has 0 radical (unpaired) electrons. The van der Waals surface area contributed by atoms with Crippen LogP contribution in [0.1, 0.15) is 35.1 Å². The summed E-state index contributed by atoms with van der Waals surface area (Å²) in [6.45, 7) is 1.61. The second-order valence-corrected chi connectivity index (χ2v) is 9.40. The molecule has 39 heavy (non-hydrogen) atoms. The van der Waals surface area contributed by atoms with Crippen molar-refractivity contribution in [3.05, 3.63) is 101 Å². The van der Waals surface area contributed by atoms with E-state index in [0.717, 1.165) is 25.1 Å². The van der Waals surface area contributed by atoms with Gasteiger partial charge in [0.1, 0.15) is 12.4 Å². The molecule has 0 spiro atoms. The number of nitrogens with zero attached hydrogens (tertiary/aromatic N) is 1. The Morgan fingerprint density at radius 3 is 1.72 bits per heavy atom. The molecule has 3 aromatic rings. The highest BCUT2D eigenvalue weighted by molar-refractivity contribution is 5.88. The van der Waals surface area contributed by atoms with E-state index in [2.05, 4.69) is 97.9 Å². The lowest BCUT2D eigenvalue weighted by Gasteiger charge is -2.18. The van der Waals surface area contributed by atoms with Crippen molar-refractivity contribution in [3.8, 4) is 5.75 Å². The Labute approximate surface area is 227 Å². The largest absolute Gasteiger partial charge is 0.492 e. The molecule has 0 bridgehead atoms. The van der Waals surface area contributed by atoms with E-state index < -0.39 is 36.4 Å². The molecule has 0 fully saturated rings. The number of likely N-dealkylation sites (N-methyl/N-ethyl adjacent to an activating group) is 1. The number of rotatable bonds is 13. The summed E-state index contributed by atoms with van der Waals surface area (Å²) in [5.74, 6) is -4.03. The molecule has 0 unspecified atom stereocenters. The molecule has 0 aliphatic rings. The van der Waals surface area contributed by atoms with Gasteiger partial charge >= 0.3 is 17.9 Å². The third kappa shape index (κ3) is 11.4. The first-order valence-corrected chi connectivity index (χ1v) is 12.3. The summed E-state index contributed by atoms with van der Waals surface area (Å²) in [7, 11) is 4.13. The Morgan fingerprint density at radius 1 is 0.744 bits per heavy atom. The van der Waals surface area contributed by atoms with Crippen LogP contribution in [-0.2, 0) is 27.2 Å². The fraction of sp³-hybridized carbons (Fsp3) is 0.300. The number of ether oxygens (including phenoxy) is 1. The van der Waals surface area contributed by atoms with E-state index in [1.165, 1.54) is 22.3 Å². The highest BCUT2D eigenvalue weighted by Crippen LogP contribution is 2.25. The monoisotopic (exact) mass is 537 g/mol. The summed E-state index contributed by atoms with van der Waals surface area (Å²) in [6, 6.07) is 27.8. The van der Waals surface area contributed by atoms with Crippen molar-refractivity contribution in [2.24, 2.45) is 0 Å². The van der Waals surface area contributed by atoms with Gasteiger partial charge in [-0.2, -0.15) is 0 Å². The Bertz CT molecular complexity index is 1200. The van der Waals surface area contributed by atoms with Gasteiger partial charge in [0, 0.05) is 13.0 Å². The van der Waals surface area contributed by atoms with Gasteiger partial charge in [-0.05, 0) is 48.8 Å². The summed E-state index contributed by atoms with van der Waals surface area (Å²) in [4.78, 5) is 32.6. The number of hydrogen-bond donors (Lipinski definition) is 4. The van der Waals surface area contributed by atoms with Crippen molar-refractivity contribution in [2.75, 3.05) is 27.2 Å². The van der Waals surface area contributed by atoms with E-state index in [1.54, 1.807) is 0 Å². The van der Waals surface area contributed by atoms with Crippen LogP contribution in [0.2, 0.25) is 0 Å². The zero-order valence-corrected chi connectivity index (χ0v) is 22.1. The molecule has 0 heterocycles. The predicted octanol–water partition coefficient (Wildman–Crippen LogP) is 3.56. The van der Waals surface area contributed by atoms with Crippen molar-refractivity contribution < 1.29 is 39.5 Å². The van der Waals surface area contributed by atoms with E-state index in [1.807, 2.05) is 0 Å². The number of aliphatic carboxylic acids is 3. The van der Waals surface area contributed by atoms with Gasteiger partial charge in [-0.25, -0.2) is 4.79 Å². The quantitative estimate of drug-likeness (QED) is 0.257. The van der Waals surface area contributed by atoms with Crippen molar-refractivity contribution >= 4 is 17.9 Å². The smallest absolute Gasteiger partial charge is 0.336 e. The SMILES string of the molecule is CN(C)CCOc1ccc(Cc2ccccc2)cc1Cc1ccccc1.O=C(O)CC(O)(CC(=O)O)C(=O)O. The van der Waals surface area contributed by atoms with Crippen LogP contribution in [0.25, 0.3) is 0 Å². The Hall–Kier alpha value is -4.21. The van der Waals surface area contributed by atoms with E-state index in [9.17, 15) is 14.4 Å². The van der Waals surface area contributed by atoms with Crippen molar-refractivity contribution in [1.82, 2.24) is 4.90 Å². The first kappa shape index (κ1) is 31.0. The van der Waals surface area contributed by atoms with Crippen molar-refractivity contribution in [2.45, 2.75) is 31.3 Å². The zero-order chi connectivity index (χ0) is 28.8. The fourth-order valence-corrected chi connectivity index (χ4v) is 3.72. The summed E-state index contributed by atoms with van der Waals surface area (Å²) < 4.78 is 6.08. The number of benzene rings is 3. The topological polar surface area (TPSA) is 145 Å². The molecule has 0 aromatic heterocycles. The van der Waals surface area contributed by atoms with Gasteiger partial charge in [0.25, 0.3) is 0 Å². The summed E-state index contributed by atoms with van der Waals surface area (Å²) in [5.41, 5.74) is 2.48. The molecule has 0 aliphatic carbocycles. The Kier molecular flexibility index (Phi) is 12.1. The lowest BCUT2D eigenvalue weighted by atomic mass is 9.96. The third-order valence-electron chi connectivity index (χ3n) is 5.69. The molecule has 0 amide bonds. The molecule has 0 saturated heterocycles. The first-order chi connectivity index (χ1) is 18.5. The number of carboxylic acids is 3. The maximum atomic E-state index is 10.3. The van der Waals surface area contributed by atoms with Gasteiger partial charge in [-0.3, -0.25) is 9.59 Å². The lowest BCUT2D eigenvalue weighted by molar-refractivity contribution is -0.170. The Balaban J connectivity index is 0.000000349. The minimum Gasteiger partial charge on any atom is -0.492 e. The lowest BCUT2D eigenvalue weighted by Crippen LogP contribution is -2.42. The minimum absolute atomic E-state index is 0.701. The molecule has 4 N–H and O–H groups in total. The summed E-state index contributed by atoms with van der Waals surface area (Å²) >= 11 is 0. The minimum atomic E-state index is -2.74. The second kappa shape index (κ2) is 15.3. The number of aliphatic hydroxyl groups is 1. The maximum Gasteiger partial charge on any atom is 0.336 e. The molecule has 0 saturated carbocycles. The van der Waals surface area contributed by atoms with E-state index in [4.69, 9.17) is 25.2 Å². The predicted molar refractivity (Wildman–Crippen MR) is 146 cm³/mol. The van der Waals surface area contributed by atoms with Gasteiger partial charge in [0.15, 0.2) is 5.60 Å². The molecule has 208 valence electrons.